The zero-order valence-corrected chi connectivity index (χ0v) is 14.9. The van der Waals surface area contributed by atoms with E-state index >= 15 is 0 Å². The highest BCUT2D eigenvalue weighted by molar-refractivity contribution is 6.54. The number of benzene rings is 2. The fourth-order valence-electron chi connectivity index (χ4n) is 2.43. The molecule has 0 bridgehead atoms. The van der Waals surface area contributed by atoms with E-state index in [1.54, 1.807) is 45.0 Å². The van der Waals surface area contributed by atoms with Crippen LogP contribution in [0, 0.1) is 11.6 Å². The van der Waals surface area contributed by atoms with Gasteiger partial charge in [-0.2, -0.15) is 0 Å². The monoisotopic (exact) mass is 373 g/mol. The molecule has 1 heterocycles. The van der Waals surface area contributed by atoms with Crippen molar-refractivity contribution in [2.24, 2.45) is 4.99 Å². The molecule has 1 aliphatic heterocycles. The van der Waals surface area contributed by atoms with Crippen LogP contribution in [-0.4, -0.2) is 23.3 Å². The van der Waals surface area contributed by atoms with Crippen molar-refractivity contribution in [3.8, 4) is 0 Å². The zero-order valence-electron chi connectivity index (χ0n) is 14.9. The molecule has 0 radical (unpaired) electrons. The van der Waals surface area contributed by atoms with Crippen LogP contribution < -0.4 is 10.6 Å². The molecule has 6 nitrogen and oxygen atoms in total. The molecule has 8 heteroatoms. The summed E-state index contributed by atoms with van der Waals surface area (Å²) in [5, 5.41) is 5.02. The smallest absolute Gasteiger partial charge is 0.412 e. The topological polar surface area (TPSA) is 79.8 Å². The van der Waals surface area contributed by atoms with Gasteiger partial charge in [-0.1, -0.05) is 0 Å². The maximum atomic E-state index is 13.5. The number of nitrogens with zero attached hydrogens (tertiary/aromatic N) is 1. The molecule has 0 aliphatic carbocycles. The molecule has 0 spiro atoms. The van der Waals surface area contributed by atoms with Crippen molar-refractivity contribution in [3.63, 3.8) is 0 Å². The van der Waals surface area contributed by atoms with Gasteiger partial charge in [0.1, 0.15) is 11.3 Å². The molecule has 1 aliphatic rings. The number of carbonyl (C=O) groups excluding carboxylic acids is 2. The van der Waals surface area contributed by atoms with Gasteiger partial charge in [0.25, 0.3) is 5.91 Å². The van der Waals surface area contributed by atoms with Gasteiger partial charge in [-0.15, -0.1) is 0 Å². The van der Waals surface area contributed by atoms with Gasteiger partial charge in [0, 0.05) is 17.3 Å². The summed E-state index contributed by atoms with van der Waals surface area (Å²) >= 11 is 0. The van der Waals surface area contributed by atoms with Crippen LogP contribution >= 0.6 is 0 Å². The lowest BCUT2D eigenvalue weighted by atomic mass is 10.1. The molecule has 0 fully saturated rings. The van der Waals surface area contributed by atoms with E-state index < -0.39 is 29.2 Å². The Balaban J connectivity index is 1.80. The fraction of sp³-hybridized carbons (Fsp3) is 0.211. The third-order valence-corrected chi connectivity index (χ3v) is 3.53. The predicted molar refractivity (Wildman–Crippen MR) is 97.5 cm³/mol. The third-order valence-electron chi connectivity index (χ3n) is 3.53. The molecule has 27 heavy (non-hydrogen) atoms. The van der Waals surface area contributed by atoms with Crippen molar-refractivity contribution in [3.05, 3.63) is 53.6 Å². The van der Waals surface area contributed by atoms with Crippen LogP contribution in [-0.2, 0) is 9.53 Å². The summed E-state index contributed by atoms with van der Waals surface area (Å²) in [6, 6.07) is 8.17. The van der Waals surface area contributed by atoms with Gasteiger partial charge in [-0.05, 0) is 51.1 Å². The Morgan fingerprint density at radius 1 is 1.11 bits per heavy atom. The highest BCUT2D eigenvalue weighted by Gasteiger charge is 2.28. The maximum absolute atomic E-state index is 13.5. The van der Waals surface area contributed by atoms with Gasteiger partial charge in [0.15, 0.2) is 11.6 Å². The van der Waals surface area contributed by atoms with Crippen LogP contribution in [0.3, 0.4) is 0 Å². The summed E-state index contributed by atoms with van der Waals surface area (Å²) in [6.45, 7) is 5.26. The Kier molecular flexibility index (Phi) is 4.65. The minimum absolute atomic E-state index is 0.0169. The number of aliphatic imine (C=N–C) groups is 1. The zero-order chi connectivity index (χ0) is 19.8. The molecule has 0 atom stereocenters. The number of nitrogens with one attached hydrogen (secondary N) is 2. The predicted octanol–water partition coefficient (Wildman–Crippen LogP) is 4.38. The van der Waals surface area contributed by atoms with Gasteiger partial charge >= 0.3 is 6.09 Å². The Morgan fingerprint density at radius 2 is 1.74 bits per heavy atom. The van der Waals surface area contributed by atoms with Crippen molar-refractivity contribution in [2.45, 2.75) is 26.4 Å². The number of ether oxygens (including phenoxy) is 1. The highest BCUT2D eigenvalue weighted by atomic mass is 19.2. The van der Waals surface area contributed by atoms with Crippen LogP contribution in [0.4, 0.5) is 30.6 Å². The lowest BCUT2D eigenvalue weighted by Crippen LogP contribution is -2.27. The van der Waals surface area contributed by atoms with Gasteiger partial charge in [0.2, 0.25) is 0 Å². The molecule has 2 aromatic rings. The Hall–Kier alpha value is -3.29. The van der Waals surface area contributed by atoms with Crippen molar-refractivity contribution in [1.82, 2.24) is 0 Å². The first-order valence-corrected chi connectivity index (χ1v) is 8.12. The number of hydrogen-bond donors (Lipinski definition) is 2. The average Bonchev–Trinajstić information content (AvgIpc) is 2.83. The number of fused-ring (bicyclic) bond motifs is 1. The normalized spacial score (nSPS) is 14.7. The molecule has 2 amide bonds. The first-order chi connectivity index (χ1) is 12.6. The van der Waals surface area contributed by atoms with Gasteiger partial charge < -0.3 is 10.1 Å². The van der Waals surface area contributed by atoms with Crippen LogP contribution in [0.5, 0.6) is 0 Å². The van der Waals surface area contributed by atoms with Crippen LogP contribution in [0.25, 0.3) is 0 Å². The number of hydrogen-bond acceptors (Lipinski definition) is 4. The summed E-state index contributed by atoms with van der Waals surface area (Å²) in [7, 11) is 0. The molecule has 0 saturated heterocycles. The second kappa shape index (κ2) is 6.79. The van der Waals surface area contributed by atoms with E-state index in [2.05, 4.69) is 15.6 Å². The Bertz CT molecular complexity index is 948. The number of rotatable bonds is 2. The van der Waals surface area contributed by atoms with E-state index in [0.29, 0.717) is 11.4 Å². The summed E-state index contributed by atoms with van der Waals surface area (Å²) in [6.07, 6.45) is -0.594. The second-order valence-electron chi connectivity index (χ2n) is 6.90. The van der Waals surface area contributed by atoms with Crippen LogP contribution in [0.1, 0.15) is 26.3 Å². The Morgan fingerprint density at radius 3 is 2.37 bits per heavy atom. The number of halogens is 2. The van der Waals surface area contributed by atoms with E-state index in [0.717, 1.165) is 12.1 Å². The summed E-state index contributed by atoms with van der Waals surface area (Å²) in [5.41, 5.74) is 0.617. The molecule has 140 valence electrons. The maximum Gasteiger partial charge on any atom is 0.412 e. The molecular weight excluding hydrogens is 356 g/mol. The first-order valence-electron chi connectivity index (χ1n) is 8.12. The molecule has 2 N–H and O–H groups in total. The molecular formula is C19H17F2N3O3. The van der Waals surface area contributed by atoms with Crippen molar-refractivity contribution in [1.29, 1.82) is 0 Å². The second-order valence-corrected chi connectivity index (χ2v) is 6.90. The molecule has 0 unspecified atom stereocenters. The number of carbonyl (C=O) groups is 2. The average molecular weight is 373 g/mol. The van der Waals surface area contributed by atoms with E-state index in [1.807, 2.05) is 0 Å². The summed E-state index contributed by atoms with van der Waals surface area (Å²) in [5.74, 6) is -2.66. The van der Waals surface area contributed by atoms with E-state index in [-0.39, 0.29) is 17.0 Å². The first kappa shape index (κ1) is 18.5. The van der Waals surface area contributed by atoms with E-state index in [4.69, 9.17) is 4.74 Å². The van der Waals surface area contributed by atoms with E-state index in [1.165, 1.54) is 0 Å². The standard InChI is InChI=1S/C19H17F2N3O3/c1-19(2,3)27-18(26)23-11-6-4-10(5-7-11)22-16-12-8-13(20)14(21)9-15(12)24-17(16)25/h4-9H,1-3H3,(H,23,26)(H,22,24,25). The largest absolute Gasteiger partial charge is 0.444 e. The van der Waals surface area contributed by atoms with Gasteiger partial charge in [-0.25, -0.2) is 18.6 Å². The molecule has 2 aromatic carbocycles. The summed E-state index contributed by atoms with van der Waals surface area (Å²) < 4.78 is 31.9. The minimum Gasteiger partial charge on any atom is -0.444 e. The van der Waals surface area contributed by atoms with Crippen molar-refractivity contribution >= 4 is 34.8 Å². The molecule has 0 saturated carbocycles. The van der Waals surface area contributed by atoms with Crippen LogP contribution in [0.15, 0.2) is 41.4 Å². The highest BCUT2D eigenvalue weighted by Crippen LogP contribution is 2.28. The van der Waals surface area contributed by atoms with E-state index in [9.17, 15) is 18.4 Å². The minimum atomic E-state index is -1.06. The third kappa shape index (κ3) is 4.28. The van der Waals surface area contributed by atoms with Crippen molar-refractivity contribution in [2.75, 3.05) is 10.6 Å². The van der Waals surface area contributed by atoms with Crippen LogP contribution in [0.2, 0.25) is 0 Å². The molecule has 3 rings (SSSR count). The Labute approximate surface area is 154 Å². The quantitative estimate of drug-likeness (QED) is 0.820. The number of anilines is 2. The van der Waals surface area contributed by atoms with Crippen molar-refractivity contribution < 1.29 is 23.1 Å². The van der Waals surface area contributed by atoms with Gasteiger partial charge in [-0.3, -0.25) is 10.1 Å². The fourth-order valence-corrected chi connectivity index (χ4v) is 2.43. The lowest BCUT2D eigenvalue weighted by Gasteiger charge is -2.19. The lowest BCUT2D eigenvalue weighted by molar-refractivity contribution is -0.110. The number of amides is 2. The SMILES string of the molecule is CC(C)(C)OC(=O)Nc1ccc(N=C2C(=O)Nc3cc(F)c(F)cc32)cc1. The van der Waals surface area contributed by atoms with Gasteiger partial charge in [0.05, 0.1) is 11.4 Å². The molecule has 0 aromatic heterocycles. The summed E-state index contributed by atoms with van der Waals surface area (Å²) in [4.78, 5) is 28.0.